The quantitative estimate of drug-likeness (QED) is 0.755. The number of carbonyl (C=O) groups excluding carboxylic acids is 1. The highest BCUT2D eigenvalue weighted by Crippen LogP contribution is 2.25. The minimum atomic E-state index is -0.874. The lowest BCUT2D eigenvalue weighted by Crippen LogP contribution is -2.45. The summed E-state index contributed by atoms with van der Waals surface area (Å²) in [7, 11) is 0. The molecule has 0 unspecified atom stereocenters. The van der Waals surface area contributed by atoms with Crippen LogP contribution in [0.15, 0.2) is 38.0 Å². The summed E-state index contributed by atoms with van der Waals surface area (Å²) in [4.78, 5) is 29.5. The normalized spacial score (nSPS) is 13.7. The molecule has 0 spiro atoms. The molecule has 0 saturated heterocycles. The number of nitrogens with zero attached hydrogens (tertiary/aromatic N) is 3. The van der Waals surface area contributed by atoms with Crippen molar-refractivity contribution < 1.29 is 13.7 Å². The van der Waals surface area contributed by atoms with E-state index >= 15 is 0 Å². The number of aromatic nitrogens is 3. The summed E-state index contributed by atoms with van der Waals surface area (Å²) < 4.78 is 11.9. The van der Waals surface area contributed by atoms with E-state index in [0.717, 1.165) is 0 Å². The summed E-state index contributed by atoms with van der Waals surface area (Å²) in [5.41, 5.74) is -0.157. The number of benzene rings is 1. The van der Waals surface area contributed by atoms with Crippen LogP contribution in [0.4, 0.5) is 0 Å². The zero-order valence-electron chi connectivity index (χ0n) is 16.4. The van der Waals surface area contributed by atoms with Crippen LogP contribution in [0.3, 0.4) is 0 Å². The Morgan fingerprint density at radius 1 is 1.19 bits per heavy atom. The van der Waals surface area contributed by atoms with Crippen LogP contribution < -0.4 is 11.1 Å². The Kier molecular flexibility index (Phi) is 4.45. The summed E-state index contributed by atoms with van der Waals surface area (Å²) in [6.07, 6.45) is 0. The highest BCUT2D eigenvalue weighted by atomic mass is 16.5. The highest BCUT2D eigenvalue weighted by Gasteiger charge is 2.33. The van der Waals surface area contributed by atoms with Crippen LogP contribution in [0.2, 0.25) is 0 Å². The van der Waals surface area contributed by atoms with Gasteiger partial charge in [-0.25, -0.2) is 4.79 Å². The van der Waals surface area contributed by atoms with Crippen LogP contribution >= 0.6 is 0 Å². The molecule has 0 aliphatic carbocycles. The summed E-state index contributed by atoms with van der Waals surface area (Å²) in [5, 5.41) is 6.90. The first kappa shape index (κ1) is 18.9. The van der Waals surface area contributed by atoms with Gasteiger partial charge in [-0.05, 0) is 32.9 Å². The van der Waals surface area contributed by atoms with E-state index in [4.69, 9.17) is 8.94 Å². The van der Waals surface area contributed by atoms with E-state index in [1.165, 1.54) is 4.57 Å². The Morgan fingerprint density at radius 3 is 2.48 bits per heavy atom. The van der Waals surface area contributed by atoms with Crippen LogP contribution in [-0.2, 0) is 15.7 Å². The van der Waals surface area contributed by atoms with Crippen molar-refractivity contribution in [3.8, 4) is 0 Å². The lowest BCUT2D eigenvalue weighted by atomic mass is 9.97. The zero-order valence-corrected chi connectivity index (χ0v) is 16.4. The van der Waals surface area contributed by atoms with Crippen molar-refractivity contribution >= 4 is 17.0 Å². The molecule has 8 heteroatoms. The average Bonchev–Trinajstić information content (AvgIpc) is 3.18. The second-order valence-corrected chi connectivity index (χ2v) is 8.17. The fourth-order valence-corrected chi connectivity index (χ4v) is 2.72. The first-order valence-corrected chi connectivity index (χ1v) is 8.77. The predicted octanol–water partition coefficient (Wildman–Crippen LogP) is 2.89. The fourth-order valence-electron chi connectivity index (χ4n) is 2.72. The number of para-hydroxylation sites is 2. The number of rotatable bonds is 4. The van der Waals surface area contributed by atoms with Crippen LogP contribution in [0.25, 0.3) is 11.1 Å². The van der Waals surface area contributed by atoms with E-state index in [0.29, 0.717) is 22.8 Å². The van der Waals surface area contributed by atoms with Crippen LogP contribution in [0.5, 0.6) is 0 Å². The van der Waals surface area contributed by atoms with Gasteiger partial charge < -0.3 is 14.3 Å². The second-order valence-electron chi connectivity index (χ2n) is 8.17. The molecule has 1 amide bonds. The molecule has 144 valence electrons. The molecule has 0 aliphatic heterocycles. The number of carbonyl (C=O) groups is 1. The highest BCUT2D eigenvalue weighted by molar-refractivity contribution is 5.83. The van der Waals surface area contributed by atoms with Crippen LogP contribution in [0.1, 0.15) is 59.3 Å². The lowest BCUT2D eigenvalue weighted by molar-refractivity contribution is -0.125. The molecule has 0 fully saturated rings. The Hall–Kier alpha value is -2.90. The van der Waals surface area contributed by atoms with Crippen molar-refractivity contribution in [2.24, 2.45) is 0 Å². The molecule has 0 saturated carbocycles. The monoisotopic (exact) mass is 372 g/mol. The third-order valence-electron chi connectivity index (χ3n) is 4.35. The Morgan fingerprint density at radius 2 is 1.85 bits per heavy atom. The molecule has 0 radical (unpaired) electrons. The topological polar surface area (TPSA) is 103 Å². The molecule has 8 nitrogen and oxygen atoms in total. The molecule has 0 bridgehead atoms. The number of fused-ring (bicyclic) bond motifs is 1. The maximum Gasteiger partial charge on any atom is 0.420 e. The third-order valence-corrected chi connectivity index (χ3v) is 4.35. The maximum absolute atomic E-state index is 12.8. The molecule has 1 atom stereocenters. The largest absolute Gasteiger partial charge is 0.420 e. The third kappa shape index (κ3) is 3.51. The molecule has 0 aliphatic rings. The number of nitrogens with one attached hydrogen (secondary N) is 1. The molecular weight excluding hydrogens is 348 g/mol. The summed E-state index contributed by atoms with van der Waals surface area (Å²) in [5.74, 6) is -0.0655. The van der Waals surface area contributed by atoms with Gasteiger partial charge in [0.05, 0.1) is 11.1 Å². The van der Waals surface area contributed by atoms with Crippen molar-refractivity contribution in [1.29, 1.82) is 0 Å². The summed E-state index contributed by atoms with van der Waals surface area (Å²) in [6, 6.07) is 6.22. The van der Waals surface area contributed by atoms with Crippen molar-refractivity contribution in [3.05, 3.63) is 46.5 Å². The van der Waals surface area contributed by atoms with Gasteiger partial charge in [-0.2, -0.15) is 4.98 Å². The van der Waals surface area contributed by atoms with Gasteiger partial charge in [0.15, 0.2) is 11.4 Å². The first-order valence-electron chi connectivity index (χ1n) is 8.77. The Balaban J connectivity index is 1.86. The number of amides is 1. The van der Waals surface area contributed by atoms with E-state index in [1.54, 1.807) is 45.0 Å². The van der Waals surface area contributed by atoms with Crippen molar-refractivity contribution in [1.82, 2.24) is 20.0 Å². The van der Waals surface area contributed by atoms with Gasteiger partial charge in [0.2, 0.25) is 11.8 Å². The van der Waals surface area contributed by atoms with Crippen molar-refractivity contribution in [2.45, 2.75) is 58.5 Å². The number of hydrogen-bond acceptors (Lipinski definition) is 6. The maximum atomic E-state index is 12.8. The van der Waals surface area contributed by atoms with Gasteiger partial charge in [0.25, 0.3) is 0 Å². The van der Waals surface area contributed by atoms with Gasteiger partial charge in [0, 0.05) is 5.41 Å². The van der Waals surface area contributed by atoms with E-state index < -0.39 is 17.3 Å². The Bertz CT molecular complexity index is 1040. The van der Waals surface area contributed by atoms with E-state index in [2.05, 4.69) is 15.5 Å². The fraction of sp³-hybridized carbons (Fsp3) is 0.474. The molecule has 3 rings (SSSR count). The minimum absolute atomic E-state index is 0.290. The lowest BCUT2D eigenvalue weighted by Gasteiger charge is -2.25. The van der Waals surface area contributed by atoms with Crippen LogP contribution in [0, 0.1) is 0 Å². The first-order chi connectivity index (χ1) is 12.5. The smallest absolute Gasteiger partial charge is 0.408 e. The van der Waals surface area contributed by atoms with Crippen molar-refractivity contribution in [2.75, 3.05) is 0 Å². The molecule has 27 heavy (non-hydrogen) atoms. The van der Waals surface area contributed by atoms with Crippen LogP contribution in [-0.4, -0.2) is 20.6 Å². The molecule has 2 aromatic heterocycles. The Labute approximate surface area is 156 Å². The van der Waals surface area contributed by atoms with Gasteiger partial charge in [-0.15, -0.1) is 0 Å². The predicted molar refractivity (Wildman–Crippen MR) is 99.4 cm³/mol. The number of oxazole rings is 1. The van der Waals surface area contributed by atoms with Gasteiger partial charge in [-0.3, -0.25) is 9.36 Å². The zero-order chi connectivity index (χ0) is 20.0. The molecule has 2 heterocycles. The van der Waals surface area contributed by atoms with Gasteiger partial charge >= 0.3 is 5.76 Å². The molecule has 1 N–H and O–H groups in total. The van der Waals surface area contributed by atoms with Gasteiger partial charge in [0.1, 0.15) is 6.04 Å². The molecule has 1 aromatic carbocycles. The standard InChI is InChI=1S/C19H24N4O4/c1-11(23-12-9-7-8-10-13(12)26-17(23)25)14(24)21-19(5,6)15-20-16(27-22-15)18(2,3)4/h7-11H,1-6H3,(H,21,24)/t11-/m0/s1. The number of hydrogen-bond donors (Lipinski definition) is 1. The SMILES string of the molecule is C[C@@H](C(=O)NC(C)(C)c1noc(C(C)(C)C)n1)n1c(=O)oc2ccccc21. The van der Waals surface area contributed by atoms with E-state index in [1.807, 2.05) is 20.8 Å². The van der Waals surface area contributed by atoms with Gasteiger partial charge in [-0.1, -0.05) is 38.1 Å². The van der Waals surface area contributed by atoms with Crippen molar-refractivity contribution in [3.63, 3.8) is 0 Å². The minimum Gasteiger partial charge on any atom is -0.408 e. The molecule has 3 aromatic rings. The molecular formula is C19H24N4O4. The second kappa shape index (κ2) is 6.37. The summed E-state index contributed by atoms with van der Waals surface area (Å²) >= 11 is 0. The average molecular weight is 372 g/mol. The van der Waals surface area contributed by atoms with E-state index in [-0.39, 0.29) is 11.3 Å². The van der Waals surface area contributed by atoms with E-state index in [9.17, 15) is 9.59 Å². The summed E-state index contributed by atoms with van der Waals surface area (Å²) in [6.45, 7) is 11.1.